The van der Waals surface area contributed by atoms with Crippen molar-refractivity contribution in [3.05, 3.63) is 16.1 Å². The quantitative estimate of drug-likeness (QED) is 0.754. The predicted molar refractivity (Wildman–Crippen MR) is 73.7 cm³/mol. The van der Waals surface area contributed by atoms with Crippen LogP contribution in [0, 0.1) is 6.92 Å². The fraction of sp³-hybridized carbons (Fsp3) is 0.769. The van der Waals surface area contributed by atoms with Gasteiger partial charge in [-0.3, -0.25) is 4.90 Å². The Bertz CT molecular complexity index is 346. The SMILES string of the molecule is Cc1ncsc1CCNCC(C)N(C)C1CC1. The highest BCUT2D eigenvalue weighted by atomic mass is 32.1. The number of hydrogen-bond acceptors (Lipinski definition) is 4. The summed E-state index contributed by atoms with van der Waals surface area (Å²) in [4.78, 5) is 8.19. The van der Waals surface area contributed by atoms with E-state index in [2.05, 4.69) is 36.1 Å². The van der Waals surface area contributed by atoms with Gasteiger partial charge < -0.3 is 5.32 Å². The number of likely N-dealkylation sites (N-methyl/N-ethyl adjacent to an activating group) is 1. The van der Waals surface area contributed by atoms with Gasteiger partial charge in [0.05, 0.1) is 11.2 Å². The van der Waals surface area contributed by atoms with Crippen LogP contribution in [0.25, 0.3) is 0 Å². The van der Waals surface area contributed by atoms with E-state index >= 15 is 0 Å². The van der Waals surface area contributed by atoms with E-state index in [1.54, 1.807) is 11.3 Å². The molecular weight excluding hydrogens is 230 g/mol. The van der Waals surface area contributed by atoms with Gasteiger partial charge in [0, 0.05) is 30.1 Å². The Morgan fingerprint density at radius 3 is 2.94 bits per heavy atom. The van der Waals surface area contributed by atoms with E-state index in [1.165, 1.54) is 23.4 Å². The van der Waals surface area contributed by atoms with Gasteiger partial charge >= 0.3 is 0 Å². The average Bonchev–Trinajstić information content (AvgIpc) is 3.08. The number of aromatic nitrogens is 1. The molecule has 1 aliphatic carbocycles. The van der Waals surface area contributed by atoms with Crippen LogP contribution in [-0.4, -0.2) is 42.1 Å². The molecule has 1 unspecified atom stereocenters. The summed E-state index contributed by atoms with van der Waals surface area (Å²) < 4.78 is 0. The molecule has 1 aromatic heterocycles. The molecule has 1 atom stereocenters. The van der Waals surface area contributed by atoms with E-state index in [0.717, 1.165) is 25.6 Å². The standard InChI is InChI=1S/C13H23N3S/c1-10(16(3)12-4-5-12)8-14-7-6-13-11(2)15-9-17-13/h9-10,12,14H,4-8H2,1-3H3. The molecule has 0 saturated heterocycles. The van der Waals surface area contributed by atoms with Gasteiger partial charge in [-0.2, -0.15) is 0 Å². The van der Waals surface area contributed by atoms with Crippen LogP contribution in [0.15, 0.2) is 5.51 Å². The zero-order chi connectivity index (χ0) is 12.3. The third-order valence-corrected chi connectivity index (χ3v) is 4.63. The second-order valence-corrected chi connectivity index (χ2v) is 6.00. The van der Waals surface area contributed by atoms with Crippen LogP contribution in [0.4, 0.5) is 0 Å². The average molecular weight is 253 g/mol. The molecule has 1 aromatic rings. The van der Waals surface area contributed by atoms with Gasteiger partial charge in [-0.25, -0.2) is 4.98 Å². The summed E-state index contributed by atoms with van der Waals surface area (Å²) >= 11 is 1.77. The Hall–Kier alpha value is -0.450. The van der Waals surface area contributed by atoms with Crippen LogP contribution in [0.5, 0.6) is 0 Å². The molecule has 0 radical (unpaired) electrons. The predicted octanol–water partition coefficient (Wildman–Crippen LogP) is 2.07. The maximum atomic E-state index is 4.27. The molecular formula is C13H23N3S. The summed E-state index contributed by atoms with van der Waals surface area (Å²) in [6.07, 6.45) is 3.89. The Labute approximate surface area is 108 Å². The number of nitrogens with zero attached hydrogens (tertiary/aromatic N) is 2. The zero-order valence-corrected chi connectivity index (χ0v) is 11.9. The second kappa shape index (κ2) is 5.94. The number of nitrogens with one attached hydrogen (secondary N) is 1. The fourth-order valence-electron chi connectivity index (χ4n) is 2.06. The van der Waals surface area contributed by atoms with Crippen molar-refractivity contribution in [3.63, 3.8) is 0 Å². The summed E-state index contributed by atoms with van der Waals surface area (Å²) in [6.45, 7) is 6.55. The molecule has 3 nitrogen and oxygen atoms in total. The summed E-state index contributed by atoms with van der Waals surface area (Å²) in [5, 5.41) is 3.55. The van der Waals surface area contributed by atoms with Gasteiger partial charge in [0.15, 0.2) is 0 Å². The Balaban J connectivity index is 1.61. The maximum absolute atomic E-state index is 4.27. The molecule has 1 N–H and O–H groups in total. The third kappa shape index (κ3) is 3.76. The molecule has 17 heavy (non-hydrogen) atoms. The van der Waals surface area contributed by atoms with Crippen molar-refractivity contribution in [1.82, 2.24) is 15.2 Å². The zero-order valence-electron chi connectivity index (χ0n) is 11.1. The number of rotatable bonds is 7. The van der Waals surface area contributed by atoms with Crippen LogP contribution in [0.2, 0.25) is 0 Å². The lowest BCUT2D eigenvalue weighted by Crippen LogP contribution is -2.39. The first-order valence-electron chi connectivity index (χ1n) is 6.50. The summed E-state index contributed by atoms with van der Waals surface area (Å²) in [6, 6.07) is 1.50. The molecule has 1 aliphatic rings. The first kappa shape index (κ1) is 13.0. The molecule has 2 rings (SSSR count). The van der Waals surface area contributed by atoms with Crippen molar-refractivity contribution in [3.8, 4) is 0 Å². The smallest absolute Gasteiger partial charge is 0.0797 e. The summed E-state index contributed by atoms with van der Waals surface area (Å²) in [7, 11) is 2.25. The van der Waals surface area contributed by atoms with Crippen LogP contribution in [0.1, 0.15) is 30.3 Å². The number of hydrogen-bond donors (Lipinski definition) is 1. The molecule has 0 bridgehead atoms. The van der Waals surface area contributed by atoms with Gasteiger partial charge in [-0.15, -0.1) is 11.3 Å². The van der Waals surface area contributed by atoms with Gasteiger partial charge in [0.1, 0.15) is 0 Å². The van der Waals surface area contributed by atoms with Crippen LogP contribution in [0.3, 0.4) is 0 Å². The molecule has 96 valence electrons. The Kier molecular flexibility index (Phi) is 4.54. The summed E-state index contributed by atoms with van der Waals surface area (Å²) in [5.41, 5.74) is 3.13. The normalized spacial score (nSPS) is 17.6. The molecule has 0 spiro atoms. The third-order valence-electron chi connectivity index (χ3n) is 3.63. The van der Waals surface area contributed by atoms with Crippen molar-refractivity contribution in [1.29, 1.82) is 0 Å². The van der Waals surface area contributed by atoms with Crippen molar-refractivity contribution < 1.29 is 0 Å². The number of thiazole rings is 1. The minimum absolute atomic E-state index is 0.644. The van der Waals surface area contributed by atoms with Crippen molar-refractivity contribution in [2.75, 3.05) is 20.1 Å². The topological polar surface area (TPSA) is 28.2 Å². The van der Waals surface area contributed by atoms with Crippen LogP contribution >= 0.6 is 11.3 Å². The first-order valence-corrected chi connectivity index (χ1v) is 7.38. The van der Waals surface area contributed by atoms with Crippen molar-refractivity contribution in [2.24, 2.45) is 0 Å². The van der Waals surface area contributed by atoms with Crippen LogP contribution < -0.4 is 5.32 Å². The number of aryl methyl sites for hydroxylation is 1. The maximum Gasteiger partial charge on any atom is 0.0797 e. The van der Waals surface area contributed by atoms with E-state index in [-0.39, 0.29) is 0 Å². The lowest BCUT2D eigenvalue weighted by atomic mass is 10.2. The van der Waals surface area contributed by atoms with E-state index in [4.69, 9.17) is 0 Å². The minimum Gasteiger partial charge on any atom is -0.315 e. The van der Waals surface area contributed by atoms with Gasteiger partial charge in [0.2, 0.25) is 0 Å². The van der Waals surface area contributed by atoms with E-state index in [1.807, 2.05) is 5.51 Å². The molecule has 1 fully saturated rings. The van der Waals surface area contributed by atoms with E-state index in [9.17, 15) is 0 Å². The fourth-order valence-corrected chi connectivity index (χ4v) is 2.85. The van der Waals surface area contributed by atoms with Gasteiger partial charge in [0.25, 0.3) is 0 Å². The minimum atomic E-state index is 0.644. The van der Waals surface area contributed by atoms with Crippen molar-refractivity contribution >= 4 is 11.3 Å². The largest absolute Gasteiger partial charge is 0.315 e. The Morgan fingerprint density at radius 1 is 1.59 bits per heavy atom. The van der Waals surface area contributed by atoms with E-state index in [0.29, 0.717) is 6.04 Å². The van der Waals surface area contributed by atoms with Crippen molar-refractivity contribution in [2.45, 2.75) is 45.2 Å². The first-order chi connectivity index (χ1) is 8.18. The molecule has 0 amide bonds. The molecule has 0 aliphatic heterocycles. The molecule has 4 heteroatoms. The van der Waals surface area contributed by atoms with Crippen LogP contribution in [-0.2, 0) is 6.42 Å². The molecule has 1 saturated carbocycles. The highest BCUT2D eigenvalue weighted by molar-refractivity contribution is 7.09. The molecule has 0 aromatic carbocycles. The lowest BCUT2D eigenvalue weighted by Gasteiger charge is -2.24. The van der Waals surface area contributed by atoms with Gasteiger partial charge in [-0.05, 0) is 40.2 Å². The summed E-state index contributed by atoms with van der Waals surface area (Å²) in [5.74, 6) is 0. The Morgan fingerprint density at radius 2 is 2.35 bits per heavy atom. The lowest BCUT2D eigenvalue weighted by molar-refractivity contribution is 0.241. The monoisotopic (exact) mass is 253 g/mol. The second-order valence-electron chi connectivity index (χ2n) is 5.06. The van der Waals surface area contributed by atoms with E-state index < -0.39 is 0 Å². The van der Waals surface area contributed by atoms with Gasteiger partial charge in [-0.1, -0.05) is 0 Å². The highest BCUT2D eigenvalue weighted by Gasteiger charge is 2.28. The highest BCUT2D eigenvalue weighted by Crippen LogP contribution is 2.26. The molecule has 1 heterocycles.